The summed E-state index contributed by atoms with van der Waals surface area (Å²) in [5.74, 6) is -0.374. The van der Waals surface area contributed by atoms with Crippen molar-refractivity contribution in [3.63, 3.8) is 0 Å². The molecule has 1 N–H and O–H groups in total. The molecule has 2 aromatic carbocycles. The third-order valence-corrected chi connectivity index (χ3v) is 5.12. The number of anilines is 1. The molecule has 8 heteroatoms. The van der Waals surface area contributed by atoms with Gasteiger partial charge < -0.3 is 14.8 Å². The molecule has 0 bridgehead atoms. The Morgan fingerprint density at radius 1 is 0.966 bits per heavy atom. The highest BCUT2D eigenvalue weighted by Gasteiger charge is 2.31. The van der Waals surface area contributed by atoms with Crippen LogP contribution in [-0.4, -0.2) is 42.0 Å². The van der Waals surface area contributed by atoms with Gasteiger partial charge in [0, 0.05) is 49.0 Å². The van der Waals surface area contributed by atoms with Crippen LogP contribution in [-0.2, 0) is 6.18 Å². The van der Waals surface area contributed by atoms with Gasteiger partial charge in [0.05, 0.1) is 5.56 Å². The quantitative estimate of drug-likeness (QED) is 0.715. The Kier molecular flexibility index (Phi) is 4.77. The predicted molar refractivity (Wildman–Crippen MR) is 104 cm³/mol. The van der Waals surface area contributed by atoms with Gasteiger partial charge in [0.15, 0.2) is 0 Å². The number of nitrogens with one attached hydrogen (secondary N) is 1. The molecule has 1 saturated heterocycles. The summed E-state index contributed by atoms with van der Waals surface area (Å²) in [5, 5.41) is 0.445. The second-order valence-electron chi connectivity index (χ2n) is 6.90. The van der Waals surface area contributed by atoms with E-state index >= 15 is 0 Å². The molecule has 2 heterocycles. The van der Waals surface area contributed by atoms with Gasteiger partial charge in [0.1, 0.15) is 5.56 Å². The van der Waals surface area contributed by atoms with Crippen LogP contribution in [0.3, 0.4) is 0 Å². The highest BCUT2D eigenvalue weighted by Crippen LogP contribution is 2.31. The first-order valence-corrected chi connectivity index (χ1v) is 9.16. The number of para-hydroxylation sites is 1. The maximum atomic E-state index is 12.9. The maximum absolute atomic E-state index is 12.9. The van der Waals surface area contributed by atoms with Crippen molar-refractivity contribution in [3.8, 4) is 0 Å². The lowest BCUT2D eigenvalue weighted by molar-refractivity contribution is -0.137. The first kappa shape index (κ1) is 19.0. The molecule has 1 fully saturated rings. The van der Waals surface area contributed by atoms with Gasteiger partial charge in [-0.1, -0.05) is 18.2 Å². The van der Waals surface area contributed by atoms with E-state index in [4.69, 9.17) is 0 Å². The van der Waals surface area contributed by atoms with Gasteiger partial charge in [0.25, 0.3) is 5.91 Å². The predicted octanol–water partition coefficient (Wildman–Crippen LogP) is 3.51. The number of nitrogens with zero attached hydrogens (tertiary/aromatic N) is 2. The van der Waals surface area contributed by atoms with Gasteiger partial charge in [-0.15, -0.1) is 0 Å². The Balaban J connectivity index is 1.50. The van der Waals surface area contributed by atoms with Crippen molar-refractivity contribution < 1.29 is 18.0 Å². The lowest BCUT2D eigenvalue weighted by Crippen LogP contribution is -2.49. The zero-order valence-corrected chi connectivity index (χ0v) is 15.4. The van der Waals surface area contributed by atoms with Gasteiger partial charge >= 0.3 is 6.18 Å². The molecule has 0 unspecified atom stereocenters. The molecule has 3 aromatic rings. The molecule has 150 valence electrons. The monoisotopic (exact) mass is 401 g/mol. The Bertz CT molecular complexity index is 1120. The average molecular weight is 401 g/mol. The Labute approximate surface area is 164 Å². The topological polar surface area (TPSA) is 56.4 Å². The van der Waals surface area contributed by atoms with Crippen LogP contribution in [0.2, 0.25) is 0 Å². The number of H-pyrrole nitrogens is 1. The summed E-state index contributed by atoms with van der Waals surface area (Å²) in [6.45, 7) is 1.42. The average Bonchev–Trinajstić information content (AvgIpc) is 2.73. The molecule has 0 saturated carbocycles. The molecule has 0 radical (unpaired) electrons. The highest BCUT2D eigenvalue weighted by atomic mass is 19.4. The van der Waals surface area contributed by atoms with Crippen LogP contribution in [0, 0.1) is 0 Å². The number of piperazine rings is 1. The number of hydrogen-bond acceptors (Lipinski definition) is 3. The summed E-state index contributed by atoms with van der Waals surface area (Å²) in [6.07, 6.45) is -2.98. The van der Waals surface area contributed by atoms with Gasteiger partial charge in [-0.25, -0.2) is 0 Å². The van der Waals surface area contributed by atoms with Gasteiger partial charge in [-0.2, -0.15) is 13.2 Å². The number of pyridine rings is 1. The molecule has 1 aromatic heterocycles. The molecule has 0 aliphatic carbocycles. The van der Waals surface area contributed by atoms with Crippen molar-refractivity contribution in [1.29, 1.82) is 0 Å². The summed E-state index contributed by atoms with van der Waals surface area (Å²) in [4.78, 5) is 31.8. The standard InChI is InChI=1S/C21H18F3N3O2/c22-21(23,24)14-4-3-5-15(12-14)26-8-10-27(11-9-26)20(29)17-13-25-18-7-2-1-6-16(18)19(17)28/h1-7,12-13H,8-11H2,(H,25,28). The van der Waals surface area contributed by atoms with E-state index in [2.05, 4.69) is 4.98 Å². The third-order valence-electron chi connectivity index (χ3n) is 5.12. The number of hydrogen-bond donors (Lipinski definition) is 1. The van der Waals surface area contributed by atoms with Crippen LogP contribution in [0.4, 0.5) is 18.9 Å². The van der Waals surface area contributed by atoms with Gasteiger partial charge in [0.2, 0.25) is 5.43 Å². The molecule has 5 nitrogen and oxygen atoms in total. The first-order chi connectivity index (χ1) is 13.8. The minimum absolute atomic E-state index is 0.0659. The zero-order valence-electron chi connectivity index (χ0n) is 15.4. The van der Waals surface area contributed by atoms with Crippen molar-refractivity contribution in [1.82, 2.24) is 9.88 Å². The van der Waals surface area contributed by atoms with E-state index in [1.165, 1.54) is 12.3 Å². The highest BCUT2D eigenvalue weighted by molar-refractivity contribution is 5.97. The SMILES string of the molecule is O=C(c1c[nH]c2ccccc2c1=O)N1CCN(c2cccc(C(F)(F)F)c2)CC1. The van der Waals surface area contributed by atoms with E-state index in [0.717, 1.165) is 12.1 Å². The molecule has 4 rings (SSSR count). The minimum Gasteiger partial charge on any atom is -0.368 e. The van der Waals surface area contributed by atoms with Crippen molar-refractivity contribution in [3.05, 3.63) is 76.1 Å². The number of amides is 1. The number of carbonyl (C=O) groups excluding carboxylic acids is 1. The molecule has 1 amide bonds. The zero-order chi connectivity index (χ0) is 20.6. The van der Waals surface area contributed by atoms with E-state index in [0.29, 0.717) is 42.8 Å². The van der Waals surface area contributed by atoms with E-state index in [1.54, 1.807) is 35.2 Å². The largest absolute Gasteiger partial charge is 0.416 e. The Morgan fingerprint density at radius 3 is 2.41 bits per heavy atom. The number of carbonyl (C=O) groups is 1. The van der Waals surface area contributed by atoms with Crippen LogP contribution in [0.1, 0.15) is 15.9 Å². The summed E-state index contributed by atoms with van der Waals surface area (Å²) in [5.41, 5.74) is 0.163. The van der Waals surface area contributed by atoms with E-state index in [9.17, 15) is 22.8 Å². The van der Waals surface area contributed by atoms with Crippen LogP contribution >= 0.6 is 0 Å². The smallest absolute Gasteiger partial charge is 0.368 e. The lowest BCUT2D eigenvalue weighted by atomic mass is 10.1. The molecule has 1 aliphatic heterocycles. The lowest BCUT2D eigenvalue weighted by Gasteiger charge is -2.36. The number of benzene rings is 2. The van der Waals surface area contributed by atoms with Gasteiger partial charge in [-0.3, -0.25) is 9.59 Å². The second kappa shape index (κ2) is 7.27. The van der Waals surface area contributed by atoms with Crippen molar-refractivity contribution >= 4 is 22.5 Å². The molecular weight excluding hydrogens is 383 g/mol. The fourth-order valence-corrected chi connectivity index (χ4v) is 3.54. The third kappa shape index (κ3) is 3.70. The van der Waals surface area contributed by atoms with E-state index in [-0.39, 0.29) is 16.9 Å². The maximum Gasteiger partial charge on any atom is 0.416 e. The van der Waals surface area contributed by atoms with Gasteiger partial charge in [-0.05, 0) is 30.3 Å². The normalized spacial score (nSPS) is 15.0. The van der Waals surface area contributed by atoms with Crippen LogP contribution in [0.15, 0.2) is 59.5 Å². The fourth-order valence-electron chi connectivity index (χ4n) is 3.54. The summed E-state index contributed by atoms with van der Waals surface area (Å²) in [6, 6.07) is 12.1. The molecule has 29 heavy (non-hydrogen) atoms. The Morgan fingerprint density at radius 2 is 1.69 bits per heavy atom. The molecule has 0 atom stereocenters. The van der Waals surface area contributed by atoms with Crippen LogP contribution in [0.5, 0.6) is 0 Å². The Hall–Kier alpha value is -3.29. The van der Waals surface area contributed by atoms with Crippen molar-refractivity contribution in [2.45, 2.75) is 6.18 Å². The van der Waals surface area contributed by atoms with Crippen molar-refractivity contribution in [2.24, 2.45) is 0 Å². The molecule has 0 spiro atoms. The van der Waals surface area contributed by atoms with E-state index in [1.807, 2.05) is 4.90 Å². The second-order valence-corrected chi connectivity index (χ2v) is 6.90. The molecular formula is C21H18F3N3O2. The number of fused-ring (bicyclic) bond motifs is 1. The molecule has 1 aliphatic rings. The number of rotatable bonds is 2. The number of alkyl halides is 3. The van der Waals surface area contributed by atoms with Crippen molar-refractivity contribution in [2.75, 3.05) is 31.1 Å². The minimum atomic E-state index is -4.40. The van der Waals surface area contributed by atoms with Crippen LogP contribution < -0.4 is 10.3 Å². The fraction of sp³-hybridized carbons (Fsp3) is 0.238. The first-order valence-electron chi connectivity index (χ1n) is 9.16. The number of aromatic nitrogens is 1. The number of halogens is 3. The summed E-state index contributed by atoms with van der Waals surface area (Å²) < 4.78 is 38.8. The number of aromatic amines is 1. The summed E-state index contributed by atoms with van der Waals surface area (Å²) in [7, 11) is 0. The van der Waals surface area contributed by atoms with E-state index < -0.39 is 11.7 Å². The van der Waals surface area contributed by atoms with Crippen LogP contribution in [0.25, 0.3) is 10.9 Å². The summed E-state index contributed by atoms with van der Waals surface area (Å²) >= 11 is 0.